The van der Waals surface area contributed by atoms with E-state index >= 15 is 0 Å². The largest absolute Gasteiger partial charge is 0.330 e. The van der Waals surface area contributed by atoms with Gasteiger partial charge in [-0.25, -0.2) is 0 Å². The average molecular weight is 1100 g/mol. The first-order valence-electron chi connectivity index (χ1n) is 34.2. The van der Waals surface area contributed by atoms with Crippen LogP contribution in [0.3, 0.4) is 0 Å². The third kappa shape index (κ3) is 16.7. The smallest absolute Gasteiger partial charge is 0.230 e. The molecule has 6 heterocycles. The van der Waals surface area contributed by atoms with E-state index in [4.69, 9.17) is 19.3 Å². The monoisotopic (exact) mass is 1100 g/mol. The fourth-order valence-electron chi connectivity index (χ4n) is 7.53. The minimum Gasteiger partial charge on any atom is -0.330 e. The van der Waals surface area contributed by atoms with Gasteiger partial charge in [0.2, 0.25) is 35.4 Å². The molecule has 6 aliphatic heterocycles. The molecule has 12 nitrogen and oxygen atoms in total. The average Bonchev–Trinajstić information content (AvgIpc) is 0.759. The number of rotatable bonds is 0. The van der Waals surface area contributed by atoms with E-state index in [1.54, 1.807) is 27.7 Å². The van der Waals surface area contributed by atoms with Gasteiger partial charge in [-0.15, -0.1) is 0 Å². The molecule has 6 saturated heterocycles. The third-order valence-electron chi connectivity index (χ3n) is 17.7. The molecule has 12 unspecified atom stereocenters. The van der Waals surface area contributed by atoms with Crippen molar-refractivity contribution in [3.63, 3.8) is 0 Å². The van der Waals surface area contributed by atoms with Crippen LogP contribution in [-0.2, 0) is 28.8 Å². The summed E-state index contributed by atoms with van der Waals surface area (Å²) in [5.74, 6) is -1.59. The highest BCUT2D eigenvalue weighted by molar-refractivity contribution is 5.88. The van der Waals surface area contributed by atoms with Crippen LogP contribution in [0.5, 0.6) is 0 Å². The fourth-order valence-corrected chi connectivity index (χ4v) is 7.53. The maximum atomic E-state index is 12.1. The first kappa shape index (κ1) is 50.2. The molecule has 0 aliphatic carbocycles. The van der Waals surface area contributed by atoms with Crippen LogP contribution >= 0.6 is 0 Å². The Morgan fingerprint density at radius 2 is 0.654 bits per heavy atom. The lowest BCUT2D eigenvalue weighted by molar-refractivity contribution is -0.138. The first-order chi connectivity index (χ1) is 40.3. The second kappa shape index (κ2) is 25.0. The fraction of sp³-hybridized carbons (Fsp3) is 0.727. The van der Waals surface area contributed by atoms with Crippen LogP contribution < -0.4 is 31.9 Å². The lowest BCUT2D eigenvalue weighted by Gasteiger charge is -2.43. The van der Waals surface area contributed by atoms with Crippen molar-refractivity contribution in [2.75, 3.05) is 0 Å². The molecule has 0 bridgehead atoms. The highest BCUT2D eigenvalue weighted by Crippen LogP contribution is 2.49. The van der Waals surface area contributed by atoms with Gasteiger partial charge in [-0.1, -0.05) is 206 Å². The molecule has 0 spiro atoms. The van der Waals surface area contributed by atoms with E-state index in [1.807, 2.05) is 138 Å². The van der Waals surface area contributed by atoms with Gasteiger partial charge in [0.25, 0.3) is 0 Å². The van der Waals surface area contributed by atoms with Crippen LogP contribution in [0.1, 0.15) is 259 Å². The molecule has 6 rings (SSSR count). The third-order valence-corrected chi connectivity index (χ3v) is 17.7. The minimum atomic E-state index is -1.93. The highest BCUT2D eigenvalue weighted by Gasteiger charge is 2.50. The van der Waals surface area contributed by atoms with Gasteiger partial charge < -0.3 is 31.9 Å². The lowest BCUT2D eigenvalue weighted by Crippen LogP contribution is -2.49. The van der Waals surface area contributed by atoms with Crippen molar-refractivity contribution in [1.82, 2.24) is 31.9 Å². The van der Waals surface area contributed by atoms with Crippen LogP contribution in [0.25, 0.3) is 0 Å². The molecule has 0 aromatic carbocycles. The summed E-state index contributed by atoms with van der Waals surface area (Å²) in [5.41, 5.74) is -6.23. The molecule has 0 aromatic heterocycles. The number of carbonyl (C=O) groups is 6. The number of hydrogen-bond donors (Lipinski definition) is 6. The van der Waals surface area contributed by atoms with Crippen molar-refractivity contribution in [1.29, 1.82) is 0 Å². The van der Waals surface area contributed by atoms with Gasteiger partial charge in [0.05, 0.1) is 32.5 Å². The lowest BCUT2D eigenvalue weighted by atomic mass is 9.63. The van der Waals surface area contributed by atoms with Crippen LogP contribution in [0.15, 0.2) is 73.7 Å². The van der Waals surface area contributed by atoms with Gasteiger partial charge in [-0.3, -0.25) is 28.8 Å². The van der Waals surface area contributed by atoms with Crippen molar-refractivity contribution in [3.05, 3.63) is 73.7 Å². The molecule has 0 aromatic rings. The van der Waals surface area contributed by atoms with E-state index in [9.17, 15) is 28.8 Å². The SMILES string of the molecule is [2H]C1([2H])CC(C)(C(C)(C)C)C(=O)NC1=C.[2H]C1C(=C)NC(=O)C(C)(C(C)(C)C)C1([2H])[2H].[2H]C1C(=C)NC(=O)C(C)(C(C)(C)C)C1[2H].[2H]C1C([2H])([2H])C(=C)NC(=O)C1(C)C(C)(C)C.[2H]C1CC(=C)N([2H])C(=O)C1(C)C(C)(C)C.[2H]C1CC(C)(C(C)(C)C)C(=O)N([2H])C1=C. The molecule has 444 valence electrons. The Morgan fingerprint density at radius 3 is 1.08 bits per heavy atom. The minimum absolute atomic E-state index is 0.0146. The number of carbonyl (C=O) groups excluding carboxylic acids is 6. The zero-order valence-electron chi connectivity index (χ0n) is 66.7. The van der Waals surface area contributed by atoms with Crippen LogP contribution in [0.4, 0.5) is 0 Å². The molecule has 12 heteroatoms. The van der Waals surface area contributed by atoms with E-state index in [-0.39, 0.29) is 80.4 Å². The zero-order valence-corrected chi connectivity index (χ0v) is 52.7. The van der Waals surface area contributed by atoms with Gasteiger partial charge in [0.1, 0.15) is 0 Å². The molecule has 6 amide bonds. The van der Waals surface area contributed by atoms with Gasteiger partial charge in [-0.05, 0) is 109 Å². The summed E-state index contributed by atoms with van der Waals surface area (Å²) < 4.78 is 110. The van der Waals surface area contributed by atoms with Crippen molar-refractivity contribution >= 4 is 35.4 Å². The molecule has 78 heavy (non-hydrogen) atoms. The van der Waals surface area contributed by atoms with Crippen molar-refractivity contribution in [3.8, 4) is 0 Å². The number of allylic oxidation sites excluding steroid dienone is 6. The predicted octanol–water partition coefficient (Wildman–Crippen LogP) is 14.8. The van der Waals surface area contributed by atoms with Gasteiger partial charge >= 0.3 is 0 Å². The van der Waals surface area contributed by atoms with Crippen molar-refractivity contribution in [2.45, 2.75) is 243 Å². The molecule has 6 aliphatic rings. The van der Waals surface area contributed by atoms with Crippen molar-refractivity contribution < 1.29 is 48.0 Å². The Morgan fingerprint density at radius 1 is 0.346 bits per heavy atom. The standard InChI is InChI=1S/6C11H19NO/c6*1-8-6-7-11(5,9(13)12-8)10(2,3)4/h6*1,6-7H2,2-5H3,(H,12,13)/i6D2,7D;6D,7D2;6D,7D;7D;6D2;6D/hD2. The summed E-state index contributed by atoms with van der Waals surface area (Å²) in [6.07, 6.45) is -9.16. The maximum Gasteiger partial charge on any atom is 0.230 e. The molecular weight excluding hydrogens is 973 g/mol. The Kier molecular flexibility index (Phi) is 16.1. The number of hydrogen-bond acceptors (Lipinski definition) is 6. The second-order valence-corrected chi connectivity index (χ2v) is 28.7. The predicted molar refractivity (Wildman–Crippen MR) is 324 cm³/mol. The maximum absolute atomic E-state index is 12.1. The van der Waals surface area contributed by atoms with Crippen molar-refractivity contribution in [2.24, 2.45) is 65.0 Å². The number of amides is 6. The zero-order chi connectivity index (χ0) is 74.0. The number of nitrogens with one attached hydrogen (secondary N) is 6. The quantitative estimate of drug-likeness (QED) is 0.141. The second-order valence-electron chi connectivity index (χ2n) is 28.7. The van der Waals surface area contributed by atoms with Gasteiger partial charge in [-0.2, -0.15) is 0 Å². The van der Waals surface area contributed by atoms with E-state index < -0.39 is 107 Å². The summed E-state index contributed by atoms with van der Waals surface area (Å²) in [6.45, 7) is 66.2. The summed E-state index contributed by atoms with van der Waals surface area (Å²) in [6, 6.07) is 0. The Hall–Kier alpha value is -4.74. The Bertz CT molecular complexity index is 2900. The van der Waals surface area contributed by atoms with E-state index in [2.05, 4.69) is 60.7 Å². The summed E-state index contributed by atoms with van der Waals surface area (Å²) in [7, 11) is 0. The highest BCUT2D eigenvalue weighted by atomic mass is 16.2. The summed E-state index contributed by atoms with van der Waals surface area (Å²) in [5, 5.41) is 11.8. The molecule has 12 atom stereocenters. The summed E-state index contributed by atoms with van der Waals surface area (Å²) in [4.78, 5) is 72.0. The van der Waals surface area contributed by atoms with Gasteiger partial charge in [0.15, 0.2) is 2.82 Å². The van der Waals surface area contributed by atoms with Crippen LogP contribution in [0.2, 0.25) is 2.82 Å². The van der Waals surface area contributed by atoms with Crippen LogP contribution in [-0.4, -0.2) is 35.4 Å². The topological polar surface area (TPSA) is 175 Å². The van der Waals surface area contributed by atoms with Crippen LogP contribution in [0, 0.1) is 65.0 Å². The molecule has 0 radical (unpaired) electrons. The Labute approximate surface area is 495 Å². The first-order valence-corrected chi connectivity index (χ1v) is 26.9. The number of piperidine rings is 6. The molecule has 6 fully saturated rings. The van der Waals surface area contributed by atoms with Gasteiger partial charge in [0, 0.05) is 50.6 Å². The molecular formula is C66H114N6O6. The normalized spacial score (nSPS) is 40.6. The molecule has 6 N–H and O–H groups in total. The molecule has 0 saturated carbocycles. The van der Waals surface area contributed by atoms with E-state index in [0.29, 0.717) is 24.2 Å². The Balaban J connectivity index is 0.000000552. The van der Waals surface area contributed by atoms with E-state index in [1.165, 1.54) is 0 Å². The van der Waals surface area contributed by atoms with E-state index in [0.717, 1.165) is 10.6 Å². The summed E-state index contributed by atoms with van der Waals surface area (Å²) >= 11 is 0.